The Morgan fingerprint density at radius 1 is 1.25 bits per heavy atom. The van der Waals surface area contributed by atoms with Crippen LogP contribution in [-0.2, 0) is 12.2 Å². The Bertz CT molecular complexity index is 1000. The van der Waals surface area contributed by atoms with E-state index >= 15 is 0 Å². The molecule has 2 heterocycles. The summed E-state index contributed by atoms with van der Waals surface area (Å²) in [5, 5.41) is 21.3. The van der Waals surface area contributed by atoms with Gasteiger partial charge < -0.3 is 0 Å². The highest BCUT2D eigenvalue weighted by Gasteiger charge is 2.17. The summed E-state index contributed by atoms with van der Waals surface area (Å²) in [7, 11) is 0. The fraction of sp³-hybridized carbons (Fsp3) is 0.316. The number of nitriles is 1. The Morgan fingerprint density at radius 3 is 2.68 bits per heavy atom. The Hall–Kier alpha value is -2.28. The molecule has 0 fully saturated rings. The highest BCUT2D eigenvalue weighted by Crippen LogP contribution is 2.29. The molecule has 3 aromatic rings. The maximum Gasteiger partial charge on any atom is 0.269 e. The highest BCUT2D eigenvalue weighted by molar-refractivity contribution is 8.00. The van der Waals surface area contributed by atoms with Crippen molar-refractivity contribution >= 4 is 45.5 Å². The molecular weight excluding hydrogens is 410 g/mol. The van der Waals surface area contributed by atoms with Crippen LogP contribution < -0.4 is 5.32 Å². The number of nitrogens with one attached hydrogen (secondary N) is 1. The minimum absolute atomic E-state index is 0.190. The van der Waals surface area contributed by atoms with Crippen LogP contribution >= 0.6 is 34.4 Å². The summed E-state index contributed by atoms with van der Waals surface area (Å²) in [5.41, 5.74) is 2.49. The van der Waals surface area contributed by atoms with Gasteiger partial charge in [0.1, 0.15) is 4.88 Å². The van der Waals surface area contributed by atoms with Gasteiger partial charge in [-0.3, -0.25) is 10.1 Å². The van der Waals surface area contributed by atoms with Crippen molar-refractivity contribution in [2.45, 2.75) is 37.3 Å². The minimum Gasteiger partial charge on any atom is -0.296 e. The summed E-state index contributed by atoms with van der Waals surface area (Å²) in [5.74, 6) is 1.03. The van der Waals surface area contributed by atoms with E-state index in [0.717, 1.165) is 32.8 Å². The molecule has 6 nitrogen and oxygen atoms in total. The number of hydrogen-bond donors (Lipinski definition) is 1. The maximum absolute atomic E-state index is 12.5. The van der Waals surface area contributed by atoms with Gasteiger partial charge in [-0.15, -0.1) is 21.5 Å². The summed E-state index contributed by atoms with van der Waals surface area (Å²) < 4.78 is 0.779. The van der Waals surface area contributed by atoms with Crippen molar-refractivity contribution in [1.29, 1.82) is 5.26 Å². The standard InChI is InChI=1S/C19H19N5OS3/c1-11(2)8-15-21-12(3)16(27-15)17(25)22-18-23-24-19(28-18)26-10-14-6-4-13(9-20)5-7-14/h4-7,11H,8,10H2,1-3H3,(H,22,23,25). The first kappa shape index (κ1) is 20.5. The fourth-order valence-electron chi connectivity index (χ4n) is 2.39. The molecule has 0 aliphatic carbocycles. The number of rotatable bonds is 7. The number of benzene rings is 1. The average molecular weight is 430 g/mol. The molecule has 0 spiro atoms. The lowest BCUT2D eigenvalue weighted by molar-refractivity contribution is 0.102. The van der Waals surface area contributed by atoms with Crippen LogP contribution in [0, 0.1) is 24.2 Å². The fourth-order valence-corrected chi connectivity index (χ4v) is 5.27. The van der Waals surface area contributed by atoms with Gasteiger partial charge in [-0.05, 0) is 30.5 Å². The Morgan fingerprint density at radius 2 is 2.00 bits per heavy atom. The van der Waals surface area contributed by atoms with E-state index < -0.39 is 0 Å². The van der Waals surface area contributed by atoms with Crippen LogP contribution in [0.4, 0.5) is 5.13 Å². The molecule has 9 heteroatoms. The quantitative estimate of drug-likeness (QED) is 0.423. The molecule has 0 radical (unpaired) electrons. The maximum atomic E-state index is 12.5. The Balaban J connectivity index is 1.58. The molecule has 0 aliphatic rings. The number of amides is 1. The summed E-state index contributed by atoms with van der Waals surface area (Å²) >= 11 is 4.33. The molecule has 0 aliphatic heterocycles. The molecular formula is C19H19N5OS3. The van der Waals surface area contributed by atoms with Crippen molar-refractivity contribution in [2.75, 3.05) is 5.32 Å². The van der Waals surface area contributed by atoms with Gasteiger partial charge >= 0.3 is 0 Å². The molecule has 1 aromatic carbocycles. The van der Waals surface area contributed by atoms with Crippen LogP contribution in [0.5, 0.6) is 0 Å². The van der Waals surface area contributed by atoms with E-state index in [1.165, 1.54) is 22.7 Å². The van der Waals surface area contributed by atoms with Crippen molar-refractivity contribution in [1.82, 2.24) is 15.2 Å². The van der Waals surface area contributed by atoms with Gasteiger partial charge in [0, 0.05) is 12.2 Å². The third-order valence-electron chi connectivity index (χ3n) is 3.70. The van der Waals surface area contributed by atoms with E-state index in [1.54, 1.807) is 23.9 Å². The topological polar surface area (TPSA) is 91.6 Å². The lowest BCUT2D eigenvalue weighted by atomic mass is 10.1. The van der Waals surface area contributed by atoms with E-state index in [1.807, 2.05) is 19.1 Å². The van der Waals surface area contributed by atoms with Crippen LogP contribution in [0.25, 0.3) is 0 Å². The predicted molar refractivity (Wildman–Crippen MR) is 114 cm³/mol. The first-order valence-electron chi connectivity index (χ1n) is 8.67. The largest absolute Gasteiger partial charge is 0.296 e. The number of nitrogens with zero attached hydrogens (tertiary/aromatic N) is 4. The molecule has 1 N–H and O–H groups in total. The van der Waals surface area contributed by atoms with Crippen molar-refractivity contribution in [3.8, 4) is 6.07 Å². The van der Waals surface area contributed by atoms with Crippen molar-refractivity contribution in [3.63, 3.8) is 0 Å². The summed E-state index contributed by atoms with van der Waals surface area (Å²) in [6.07, 6.45) is 0.869. The van der Waals surface area contributed by atoms with Gasteiger partial charge in [0.15, 0.2) is 4.34 Å². The van der Waals surface area contributed by atoms with Crippen LogP contribution in [0.1, 0.15) is 45.3 Å². The number of aromatic nitrogens is 3. The highest BCUT2D eigenvalue weighted by atomic mass is 32.2. The van der Waals surface area contributed by atoms with E-state index in [2.05, 4.69) is 40.4 Å². The Kier molecular flexibility index (Phi) is 6.78. The van der Waals surface area contributed by atoms with Crippen LogP contribution in [0.3, 0.4) is 0 Å². The second-order valence-electron chi connectivity index (χ2n) is 6.54. The first-order chi connectivity index (χ1) is 13.4. The first-order valence-corrected chi connectivity index (χ1v) is 11.3. The second kappa shape index (κ2) is 9.28. The number of carbonyl (C=O) groups is 1. The zero-order chi connectivity index (χ0) is 20.1. The van der Waals surface area contributed by atoms with Gasteiger partial charge in [-0.25, -0.2) is 4.98 Å². The van der Waals surface area contributed by atoms with E-state index in [0.29, 0.717) is 21.5 Å². The molecule has 0 saturated heterocycles. The average Bonchev–Trinajstić information content (AvgIpc) is 3.26. The summed E-state index contributed by atoms with van der Waals surface area (Å²) in [4.78, 5) is 17.7. The monoisotopic (exact) mass is 429 g/mol. The van der Waals surface area contributed by atoms with Crippen LogP contribution in [-0.4, -0.2) is 21.1 Å². The number of thiazole rings is 1. The molecule has 28 heavy (non-hydrogen) atoms. The number of thioether (sulfide) groups is 1. The third-order valence-corrected chi connectivity index (χ3v) is 6.92. The molecule has 3 rings (SSSR count). The molecule has 0 atom stereocenters. The van der Waals surface area contributed by atoms with Crippen LogP contribution in [0.2, 0.25) is 0 Å². The minimum atomic E-state index is -0.190. The number of hydrogen-bond acceptors (Lipinski definition) is 8. The molecule has 1 amide bonds. The smallest absolute Gasteiger partial charge is 0.269 e. The number of anilines is 1. The zero-order valence-electron chi connectivity index (χ0n) is 15.7. The van der Waals surface area contributed by atoms with Crippen molar-refractivity contribution in [2.24, 2.45) is 5.92 Å². The summed E-state index contributed by atoms with van der Waals surface area (Å²) in [6.45, 7) is 6.12. The predicted octanol–water partition coefficient (Wildman–Crippen LogP) is 4.92. The van der Waals surface area contributed by atoms with E-state index in [-0.39, 0.29) is 5.91 Å². The zero-order valence-corrected chi connectivity index (χ0v) is 18.2. The van der Waals surface area contributed by atoms with Gasteiger partial charge in [0.25, 0.3) is 5.91 Å². The lowest BCUT2D eigenvalue weighted by Gasteiger charge is -1.99. The Labute approximate surface area is 176 Å². The van der Waals surface area contributed by atoms with E-state index in [9.17, 15) is 4.79 Å². The van der Waals surface area contributed by atoms with Gasteiger partial charge in [0.05, 0.1) is 22.3 Å². The molecule has 0 unspecified atom stereocenters. The molecule has 2 aromatic heterocycles. The van der Waals surface area contributed by atoms with Gasteiger partial charge in [-0.1, -0.05) is 49.1 Å². The number of carbonyl (C=O) groups excluding carboxylic acids is 1. The molecule has 0 saturated carbocycles. The van der Waals surface area contributed by atoms with E-state index in [4.69, 9.17) is 5.26 Å². The normalized spacial score (nSPS) is 10.8. The molecule has 144 valence electrons. The van der Waals surface area contributed by atoms with Crippen LogP contribution in [0.15, 0.2) is 28.6 Å². The molecule has 0 bridgehead atoms. The SMILES string of the molecule is Cc1nc(CC(C)C)sc1C(=O)Nc1nnc(SCc2ccc(C#N)cc2)s1. The second-order valence-corrected chi connectivity index (χ2v) is 9.83. The van der Waals surface area contributed by atoms with Gasteiger partial charge in [-0.2, -0.15) is 5.26 Å². The van der Waals surface area contributed by atoms with Crippen molar-refractivity contribution < 1.29 is 4.79 Å². The third kappa shape index (κ3) is 5.38. The number of aryl methyl sites for hydroxylation is 1. The lowest BCUT2D eigenvalue weighted by Crippen LogP contribution is -2.11. The van der Waals surface area contributed by atoms with Crippen molar-refractivity contribution in [3.05, 3.63) is 51.0 Å². The summed E-state index contributed by atoms with van der Waals surface area (Å²) in [6, 6.07) is 9.56. The van der Waals surface area contributed by atoms with Gasteiger partial charge in [0.2, 0.25) is 5.13 Å².